The van der Waals surface area contributed by atoms with E-state index < -0.39 is 41.0 Å². The molecule has 11 nitrogen and oxygen atoms in total. The summed E-state index contributed by atoms with van der Waals surface area (Å²) in [6.07, 6.45) is 0.949. The Hall–Kier alpha value is -2.79. The van der Waals surface area contributed by atoms with E-state index in [1.54, 1.807) is 0 Å². The van der Waals surface area contributed by atoms with Crippen LogP contribution in [0, 0.1) is 31.6 Å². The smallest absolute Gasteiger partial charge is 0.457 e. The quantitative estimate of drug-likeness (QED) is 0.629. The van der Waals surface area contributed by atoms with Crippen molar-refractivity contribution in [2.75, 3.05) is 0 Å². The fraction of sp³-hybridized carbons (Fsp3) is 0.556. The molecule has 2 saturated carbocycles. The molecule has 2 aromatic rings. The van der Waals surface area contributed by atoms with E-state index in [1.165, 1.54) is 13.8 Å². The van der Waals surface area contributed by atoms with E-state index in [-0.39, 0.29) is 54.6 Å². The van der Waals surface area contributed by atoms with Crippen molar-refractivity contribution in [3.63, 3.8) is 0 Å². The zero-order valence-electron chi connectivity index (χ0n) is 16.1. The maximum Gasteiger partial charge on any atom is 0.519 e. The lowest BCUT2D eigenvalue weighted by Crippen LogP contribution is -2.50. The molecule has 2 N–H and O–H groups in total. The van der Waals surface area contributed by atoms with Crippen molar-refractivity contribution >= 4 is 24.3 Å². The minimum absolute atomic E-state index is 0. The van der Waals surface area contributed by atoms with Crippen molar-refractivity contribution < 1.29 is 36.7 Å². The Labute approximate surface area is 174 Å². The first-order valence-electron chi connectivity index (χ1n) is 9.02. The lowest BCUT2D eigenvalue weighted by Gasteiger charge is -2.24. The number of carbonyl (C=O) groups is 2. The maximum absolute atomic E-state index is 12.6. The van der Waals surface area contributed by atoms with Crippen molar-refractivity contribution in [1.82, 2.24) is 0 Å². The molecule has 0 radical (unpaired) electrons. The van der Waals surface area contributed by atoms with Crippen LogP contribution in [0.25, 0.3) is 0 Å². The highest BCUT2D eigenvalue weighted by Gasteiger charge is 2.70. The second-order valence-electron chi connectivity index (χ2n) is 7.35. The Morgan fingerprint density at radius 3 is 2.03 bits per heavy atom. The SMILES string of the molecule is Cc1oc(=O)oc1COC(=O)[C@H]1[C@@H]2CC[C@@](N)(C(=O)OCc3oc(=O)oc3C)[C@@H]21.Cl. The van der Waals surface area contributed by atoms with Gasteiger partial charge in [0.2, 0.25) is 0 Å². The van der Waals surface area contributed by atoms with Crippen LogP contribution in [0.2, 0.25) is 0 Å². The van der Waals surface area contributed by atoms with Crippen molar-refractivity contribution in [2.24, 2.45) is 23.5 Å². The van der Waals surface area contributed by atoms with Crippen LogP contribution in [0.4, 0.5) is 0 Å². The topological polar surface area (TPSA) is 165 Å². The van der Waals surface area contributed by atoms with Crippen LogP contribution in [-0.2, 0) is 32.3 Å². The summed E-state index contributed by atoms with van der Waals surface area (Å²) >= 11 is 0. The fourth-order valence-corrected chi connectivity index (χ4v) is 4.08. The van der Waals surface area contributed by atoms with Crippen molar-refractivity contribution in [3.05, 3.63) is 44.3 Å². The Morgan fingerprint density at radius 2 is 1.53 bits per heavy atom. The maximum atomic E-state index is 12.6. The molecule has 30 heavy (non-hydrogen) atoms. The van der Waals surface area contributed by atoms with Gasteiger partial charge in [-0.1, -0.05) is 0 Å². The lowest BCUT2D eigenvalue weighted by atomic mass is 9.91. The standard InChI is InChI=1S/C18H19NO10.ClH/c1-7-10(28-16(22)26-7)5-24-14(20)12-9-3-4-18(19,13(9)12)15(21)25-6-11-8(2)27-17(23)29-11;/h9,12-13H,3-6,19H2,1-2H3;1H/t9-,12-,13-,18-;/m0./s1. The predicted molar refractivity (Wildman–Crippen MR) is 97.4 cm³/mol. The normalized spacial score (nSPS) is 26.6. The van der Waals surface area contributed by atoms with Gasteiger partial charge in [0.1, 0.15) is 5.54 Å². The van der Waals surface area contributed by atoms with E-state index in [0.29, 0.717) is 12.8 Å². The molecule has 4 atom stereocenters. The fourth-order valence-electron chi connectivity index (χ4n) is 4.08. The first kappa shape index (κ1) is 21.9. The molecule has 2 aliphatic rings. The van der Waals surface area contributed by atoms with Crippen LogP contribution in [0.3, 0.4) is 0 Å². The van der Waals surface area contributed by atoms with Gasteiger partial charge in [-0.05, 0) is 32.6 Å². The van der Waals surface area contributed by atoms with Gasteiger partial charge < -0.3 is 32.9 Å². The van der Waals surface area contributed by atoms with Gasteiger partial charge >= 0.3 is 23.6 Å². The third-order valence-electron chi connectivity index (χ3n) is 5.66. The van der Waals surface area contributed by atoms with Crippen molar-refractivity contribution in [3.8, 4) is 0 Å². The molecule has 2 fully saturated rings. The first-order chi connectivity index (χ1) is 13.7. The summed E-state index contributed by atoms with van der Waals surface area (Å²) in [6, 6.07) is 0. The Morgan fingerprint density at radius 1 is 1.00 bits per heavy atom. The number of esters is 2. The largest absolute Gasteiger partial charge is 0.519 e. The van der Waals surface area contributed by atoms with Crippen molar-refractivity contribution in [1.29, 1.82) is 0 Å². The summed E-state index contributed by atoms with van der Waals surface area (Å²) in [5, 5.41) is 0. The lowest BCUT2D eigenvalue weighted by molar-refractivity contribution is -0.154. The molecule has 12 heteroatoms. The molecule has 2 aliphatic carbocycles. The molecule has 164 valence electrons. The number of nitrogens with two attached hydrogens (primary N) is 1. The van der Waals surface area contributed by atoms with Crippen LogP contribution >= 0.6 is 12.4 Å². The minimum Gasteiger partial charge on any atom is -0.457 e. The van der Waals surface area contributed by atoms with Crippen molar-refractivity contribution in [2.45, 2.75) is 45.4 Å². The molecule has 4 rings (SSSR count). The van der Waals surface area contributed by atoms with Crippen LogP contribution in [0.5, 0.6) is 0 Å². The van der Waals surface area contributed by atoms with Crippen LogP contribution in [-0.4, -0.2) is 17.5 Å². The molecule has 2 heterocycles. The summed E-state index contributed by atoms with van der Waals surface area (Å²) < 4.78 is 29.4. The molecule has 0 unspecified atom stereocenters. The second kappa shape index (κ2) is 7.80. The summed E-state index contributed by atoms with van der Waals surface area (Å²) in [5.74, 6) is -3.30. The zero-order chi connectivity index (χ0) is 20.9. The highest BCUT2D eigenvalue weighted by atomic mass is 35.5. The summed E-state index contributed by atoms with van der Waals surface area (Å²) in [4.78, 5) is 47.1. The van der Waals surface area contributed by atoms with Gasteiger partial charge in [-0.15, -0.1) is 12.4 Å². The first-order valence-corrected chi connectivity index (χ1v) is 9.02. The van der Waals surface area contributed by atoms with Gasteiger partial charge in [0, 0.05) is 5.92 Å². The highest BCUT2D eigenvalue weighted by Crippen LogP contribution is 2.62. The number of ether oxygens (including phenoxy) is 2. The number of fused-ring (bicyclic) bond motifs is 1. The van der Waals surface area contributed by atoms with Gasteiger partial charge in [-0.2, -0.15) is 0 Å². The molecular formula is C18H20ClNO10. The van der Waals surface area contributed by atoms with Crippen LogP contribution < -0.4 is 17.4 Å². The van der Waals surface area contributed by atoms with E-state index in [1.807, 2.05) is 0 Å². The number of hydrogen-bond donors (Lipinski definition) is 1. The summed E-state index contributed by atoms with van der Waals surface area (Å²) in [5.41, 5.74) is 4.96. The monoisotopic (exact) mass is 445 g/mol. The molecule has 0 saturated heterocycles. The molecule has 0 bridgehead atoms. The van der Waals surface area contributed by atoms with Gasteiger partial charge in [0.25, 0.3) is 0 Å². The zero-order valence-corrected chi connectivity index (χ0v) is 16.9. The van der Waals surface area contributed by atoms with Gasteiger partial charge in [-0.3, -0.25) is 9.59 Å². The third-order valence-corrected chi connectivity index (χ3v) is 5.66. The number of aryl methyl sites for hydroxylation is 2. The van der Waals surface area contributed by atoms with E-state index in [4.69, 9.17) is 32.9 Å². The van der Waals surface area contributed by atoms with Gasteiger partial charge in [-0.25, -0.2) is 9.59 Å². The van der Waals surface area contributed by atoms with E-state index in [9.17, 15) is 19.2 Å². The summed E-state index contributed by atoms with van der Waals surface area (Å²) in [7, 11) is 0. The van der Waals surface area contributed by atoms with Crippen LogP contribution in [0.15, 0.2) is 27.3 Å². The second-order valence-corrected chi connectivity index (χ2v) is 7.35. The number of rotatable bonds is 6. The molecule has 0 aromatic carbocycles. The molecule has 0 aliphatic heterocycles. The van der Waals surface area contributed by atoms with Gasteiger partial charge in [0.15, 0.2) is 36.3 Å². The van der Waals surface area contributed by atoms with Gasteiger partial charge in [0.05, 0.1) is 5.92 Å². The van der Waals surface area contributed by atoms with E-state index in [0.717, 1.165) is 0 Å². The number of carbonyl (C=O) groups excluding carboxylic acids is 2. The molecular weight excluding hydrogens is 426 g/mol. The van der Waals surface area contributed by atoms with E-state index >= 15 is 0 Å². The highest BCUT2D eigenvalue weighted by molar-refractivity contribution is 5.87. The van der Waals surface area contributed by atoms with E-state index in [2.05, 4.69) is 0 Å². The third kappa shape index (κ3) is 3.70. The number of hydrogen-bond acceptors (Lipinski definition) is 11. The summed E-state index contributed by atoms with van der Waals surface area (Å²) in [6.45, 7) is 2.49. The number of halogens is 1. The minimum atomic E-state index is -1.33. The Kier molecular flexibility index (Phi) is 5.70. The Bertz CT molecular complexity index is 1080. The van der Waals surface area contributed by atoms with Crippen LogP contribution in [0.1, 0.15) is 35.9 Å². The average molecular weight is 446 g/mol. The molecule has 0 spiro atoms. The molecule has 2 aromatic heterocycles. The molecule has 0 amide bonds. The Balaban J connectivity index is 0.00000256. The average Bonchev–Trinajstić information content (AvgIpc) is 2.98. The predicted octanol–water partition coefficient (Wildman–Crippen LogP) is 0.958.